The number of hydrogen-bond acceptors (Lipinski definition) is 5. The van der Waals surface area contributed by atoms with Gasteiger partial charge in [0.1, 0.15) is 11.3 Å². The van der Waals surface area contributed by atoms with Gasteiger partial charge in [0.05, 0.1) is 23.3 Å². The number of hydrogen-bond donors (Lipinski definition) is 1. The second-order valence-corrected chi connectivity index (χ2v) is 8.26. The number of aryl methyl sites for hydroxylation is 3. The van der Waals surface area contributed by atoms with Crippen LogP contribution < -0.4 is 5.43 Å². The number of aromatic hydroxyl groups is 1. The van der Waals surface area contributed by atoms with Crippen molar-refractivity contribution in [2.45, 2.75) is 32.9 Å². The molecule has 1 aliphatic heterocycles. The monoisotopic (exact) mass is 429 g/mol. The fraction of sp³-hybridized carbons (Fsp3) is 0.240. The molecule has 1 aliphatic rings. The minimum absolute atomic E-state index is 0.0819. The number of amides is 1. The summed E-state index contributed by atoms with van der Waals surface area (Å²) in [5.74, 6) is -0.142. The molecule has 0 saturated heterocycles. The van der Waals surface area contributed by atoms with E-state index in [2.05, 4.69) is 4.98 Å². The molecule has 0 unspecified atom stereocenters. The van der Waals surface area contributed by atoms with Gasteiger partial charge in [-0.1, -0.05) is 12.1 Å². The van der Waals surface area contributed by atoms with Gasteiger partial charge in [-0.15, -0.1) is 0 Å². The molecule has 1 atom stereocenters. The van der Waals surface area contributed by atoms with Crippen LogP contribution in [0.25, 0.3) is 11.0 Å². The third kappa shape index (κ3) is 3.26. The minimum Gasteiger partial charge on any atom is -0.508 e. The van der Waals surface area contributed by atoms with E-state index in [1.807, 2.05) is 42.8 Å². The number of imidazole rings is 1. The zero-order valence-corrected chi connectivity index (χ0v) is 17.9. The van der Waals surface area contributed by atoms with Gasteiger partial charge >= 0.3 is 0 Å². The molecule has 3 heterocycles. The fourth-order valence-corrected chi connectivity index (χ4v) is 4.39. The lowest BCUT2D eigenvalue weighted by molar-refractivity contribution is 0.0723. The molecule has 162 valence electrons. The maximum Gasteiger partial charge on any atom is 0.290 e. The van der Waals surface area contributed by atoms with E-state index in [0.29, 0.717) is 41.6 Å². The van der Waals surface area contributed by atoms with E-state index in [4.69, 9.17) is 4.42 Å². The summed E-state index contributed by atoms with van der Waals surface area (Å²) in [6.07, 6.45) is 5.99. The Hall–Kier alpha value is -3.87. The maximum absolute atomic E-state index is 13.6. The van der Waals surface area contributed by atoms with Gasteiger partial charge in [-0.25, -0.2) is 4.98 Å². The number of phenols is 1. The van der Waals surface area contributed by atoms with Crippen LogP contribution in [0.4, 0.5) is 0 Å². The van der Waals surface area contributed by atoms with Crippen LogP contribution in [0.2, 0.25) is 0 Å². The number of rotatable bonds is 5. The van der Waals surface area contributed by atoms with Gasteiger partial charge in [-0.3, -0.25) is 9.59 Å². The molecule has 1 N–H and O–H groups in total. The predicted octanol–water partition coefficient (Wildman–Crippen LogP) is 3.95. The third-order valence-electron chi connectivity index (χ3n) is 6.14. The molecule has 2 aromatic carbocycles. The van der Waals surface area contributed by atoms with Crippen molar-refractivity contribution in [3.63, 3.8) is 0 Å². The summed E-state index contributed by atoms with van der Waals surface area (Å²) in [6, 6.07) is 9.72. The molecule has 7 nitrogen and oxygen atoms in total. The molecule has 0 saturated carbocycles. The van der Waals surface area contributed by atoms with E-state index in [0.717, 1.165) is 11.1 Å². The standard InChI is InChI=1S/C25H23N3O4/c1-15-11-19-20(12-16(15)2)32-24-21(23(19)30)22(17-5-3-6-18(29)13-17)28(25(24)31)9-4-8-27-10-7-26-14-27/h3,5-7,10-14,22,29H,4,8-9H2,1-2H3/t22-/m0/s1. The van der Waals surface area contributed by atoms with E-state index in [1.54, 1.807) is 35.6 Å². The molecule has 0 fully saturated rings. The number of phenolic OH excluding ortho intramolecular Hbond substituents is 1. The van der Waals surface area contributed by atoms with Gasteiger partial charge in [0.2, 0.25) is 5.76 Å². The van der Waals surface area contributed by atoms with E-state index in [9.17, 15) is 14.7 Å². The SMILES string of the molecule is Cc1cc2oc3c(c(=O)c2cc1C)[C@H](c1cccc(O)c1)N(CCCn1ccnc1)C3=O. The number of aromatic nitrogens is 2. The zero-order valence-electron chi connectivity index (χ0n) is 17.9. The Bertz CT molecular complexity index is 1390. The van der Waals surface area contributed by atoms with Crippen molar-refractivity contribution < 1.29 is 14.3 Å². The maximum atomic E-state index is 13.6. The first kappa shape index (κ1) is 20.1. The average molecular weight is 429 g/mol. The Labute approximate surface area is 184 Å². The van der Waals surface area contributed by atoms with Crippen molar-refractivity contribution in [2.75, 3.05) is 6.54 Å². The van der Waals surface area contributed by atoms with Crippen molar-refractivity contribution in [3.8, 4) is 5.75 Å². The van der Waals surface area contributed by atoms with Crippen LogP contribution in [0.3, 0.4) is 0 Å². The molecular weight excluding hydrogens is 406 g/mol. The lowest BCUT2D eigenvalue weighted by Crippen LogP contribution is -2.31. The van der Waals surface area contributed by atoms with Crippen molar-refractivity contribution in [1.82, 2.24) is 14.5 Å². The van der Waals surface area contributed by atoms with Crippen molar-refractivity contribution in [2.24, 2.45) is 0 Å². The van der Waals surface area contributed by atoms with Gasteiger partial charge < -0.3 is 19.0 Å². The van der Waals surface area contributed by atoms with Crippen LogP contribution in [0.5, 0.6) is 5.75 Å². The summed E-state index contributed by atoms with van der Waals surface area (Å²) in [5.41, 5.74) is 3.20. The number of carbonyl (C=O) groups is 1. The molecule has 5 rings (SSSR count). The highest BCUT2D eigenvalue weighted by atomic mass is 16.3. The molecule has 1 amide bonds. The molecule has 32 heavy (non-hydrogen) atoms. The summed E-state index contributed by atoms with van der Waals surface area (Å²) in [4.78, 5) is 32.7. The number of benzene rings is 2. The highest BCUT2D eigenvalue weighted by Crippen LogP contribution is 2.39. The minimum atomic E-state index is -0.616. The highest BCUT2D eigenvalue weighted by Gasteiger charge is 2.42. The van der Waals surface area contributed by atoms with Crippen LogP contribution in [0.1, 0.15) is 45.3 Å². The first-order valence-corrected chi connectivity index (χ1v) is 10.6. The summed E-state index contributed by atoms with van der Waals surface area (Å²) in [6.45, 7) is 5.01. The second kappa shape index (κ2) is 7.67. The van der Waals surface area contributed by atoms with Gasteiger partial charge in [0.25, 0.3) is 5.91 Å². The summed E-state index contributed by atoms with van der Waals surface area (Å²) < 4.78 is 7.97. The van der Waals surface area contributed by atoms with Gasteiger partial charge in [0.15, 0.2) is 5.43 Å². The van der Waals surface area contributed by atoms with E-state index < -0.39 is 6.04 Å². The molecule has 0 aliphatic carbocycles. The van der Waals surface area contributed by atoms with Crippen LogP contribution in [0.15, 0.2) is 64.3 Å². The number of nitrogens with zero attached hydrogens (tertiary/aromatic N) is 3. The summed E-state index contributed by atoms with van der Waals surface area (Å²) in [5, 5.41) is 10.5. The lowest BCUT2D eigenvalue weighted by Gasteiger charge is -2.25. The van der Waals surface area contributed by atoms with E-state index in [1.165, 1.54) is 0 Å². The van der Waals surface area contributed by atoms with Crippen LogP contribution in [-0.2, 0) is 6.54 Å². The average Bonchev–Trinajstić information content (AvgIpc) is 3.37. The van der Waals surface area contributed by atoms with Crippen molar-refractivity contribution in [1.29, 1.82) is 0 Å². The molecular formula is C25H23N3O4. The molecule has 0 spiro atoms. The first-order valence-electron chi connectivity index (χ1n) is 10.6. The van der Waals surface area contributed by atoms with Crippen LogP contribution in [0, 0.1) is 13.8 Å². The normalized spacial score (nSPS) is 15.5. The molecule has 0 bridgehead atoms. The lowest BCUT2D eigenvalue weighted by atomic mass is 9.97. The van der Waals surface area contributed by atoms with Gasteiger partial charge in [-0.05, 0) is 61.2 Å². The topological polar surface area (TPSA) is 88.6 Å². The van der Waals surface area contributed by atoms with Gasteiger partial charge in [0, 0.05) is 25.5 Å². The third-order valence-corrected chi connectivity index (χ3v) is 6.14. The second-order valence-electron chi connectivity index (χ2n) is 8.26. The first-order chi connectivity index (χ1) is 15.4. The fourth-order valence-electron chi connectivity index (χ4n) is 4.39. The quantitative estimate of drug-likeness (QED) is 0.519. The highest BCUT2D eigenvalue weighted by molar-refractivity contribution is 5.99. The van der Waals surface area contributed by atoms with Crippen LogP contribution >= 0.6 is 0 Å². The number of carbonyl (C=O) groups excluding carboxylic acids is 1. The van der Waals surface area contributed by atoms with Crippen molar-refractivity contribution >= 4 is 16.9 Å². The number of fused-ring (bicyclic) bond motifs is 2. The Morgan fingerprint density at radius 2 is 1.91 bits per heavy atom. The van der Waals surface area contributed by atoms with Crippen molar-refractivity contribution in [3.05, 3.63) is 93.4 Å². The van der Waals surface area contributed by atoms with Gasteiger partial charge in [-0.2, -0.15) is 0 Å². The van der Waals surface area contributed by atoms with Crippen LogP contribution in [-0.4, -0.2) is 32.0 Å². The largest absolute Gasteiger partial charge is 0.508 e. The Morgan fingerprint density at radius 3 is 2.66 bits per heavy atom. The Morgan fingerprint density at radius 1 is 1.09 bits per heavy atom. The smallest absolute Gasteiger partial charge is 0.290 e. The predicted molar refractivity (Wildman–Crippen MR) is 120 cm³/mol. The Kier molecular flexibility index (Phi) is 4.81. The molecule has 2 aromatic heterocycles. The zero-order chi connectivity index (χ0) is 22.4. The van der Waals surface area contributed by atoms with E-state index in [-0.39, 0.29) is 22.8 Å². The summed E-state index contributed by atoms with van der Waals surface area (Å²) in [7, 11) is 0. The summed E-state index contributed by atoms with van der Waals surface area (Å²) >= 11 is 0. The van der Waals surface area contributed by atoms with E-state index >= 15 is 0 Å². The molecule has 4 aromatic rings. The Balaban J connectivity index is 1.63. The molecule has 0 radical (unpaired) electrons. The molecule has 7 heteroatoms.